The number of halogens is 1. The third-order valence-corrected chi connectivity index (χ3v) is 1.45. The minimum Gasteiger partial charge on any atom is -0.0622 e. The van der Waals surface area contributed by atoms with Crippen molar-refractivity contribution in [2.24, 2.45) is 0 Å². The molecule has 1 rings (SSSR count). The van der Waals surface area contributed by atoms with Crippen molar-refractivity contribution in [3.8, 4) is 0 Å². The Bertz CT molecular complexity index is 134. The van der Waals surface area contributed by atoms with Crippen LogP contribution in [-0.2, 0) is 0 Å². The predicted octanol–water partition coefficient (Wildman–Crippen LogP) is 2.29. The quantitative estimate of drug-likeness (QED) is 0.565. The van der Waals surface area contributed by atoms with Gasteiger partial charge in [-0.3, -0.25) is 0 Å². The number of rotatable bonds is 0. The topological polar surface area (TPSA) is 0 Å². The van der Waals surface area contributed by atoms with Crippen molar-refractivity contribution in [1.82, 2.24) is 0 Å². The number of hydrogen-bond acceptors (Lipinski definition) is 0. The van der Waals surface area contributed by atoms with Gasteiger partial charge in [0.2, 0.25) is 0 Å². The second-order valence-corrected chi connectivity index (χ2v) is 2.54. The predicted molar refractivity (Wildman–Crippen MR) is 39.2 cm³/mol. The van der Waals surface area contributed by atoms with Gasteiger partial charge in [-0.1, -0.05) is 18.2 Å². The average molecular weight is 201 g/mol. The fourth-order valence-electron chi connectivity index (χ4n) is 0.415. The Labute approximate surface area is 56.7 Å². The first-order chi connectivity index (χ1) is 3.39. The molecule has 0 aliphatic carbocycles. The molecule has 0 nitrogen and oxygen atoms in total. The molecule has 0 saturated heterocycles. The summed E-state index contributed by atoms with van der Waals surface area (Å²) in [6.45, 7) is 0. The van der Waals surface area contributed by atoms with E-state index >= 15 is 0 Å². The molecular weight excluding hydrogens is 196 g/mol. The zero-order valence-electron chi connectivity index (χ0n) is 3.76. The summed E-state index contributed by atoms with van der Waals surface area (Å²) in [5.41, 5.74) is 0. The molecular formula is C6H5I. The van der Waals surface area contributed by atoms with E-state index in [2.05, 4.69) is 34.7 Å². The van der Waals surface area contributed by atoms with E-state index in [0.717, 1.165) is 0 Å². The van der Waals surface area contributed by atoms with Gasteiger partial charge in [0.1, 0.15) is 0 Å². The Balaban J connectivity index is 3.02. The highest BCUT2D eigenvalue weighted by atomic mass is 124. The van der Waals surface area contributed by atoms with Crippen LogP contribution in [-0.4, -0.2) is 0 Å². The first kappa shape index (κ1) is 5.09. The number of hydrogen-bond donors (Lipinski definition) is 0. The number of benzene rings is 1. The molecule has 0 heterocycles. The molecule has 1 aromatic carbocycles. The maximum absolute atomic E-state index is 2.28. The molecule has 0 aromatic heterocycles. The van der Waals surface area contributed by atoms with E-state index in [9.17, 15) is 0 Å². The molecule has 0 aliphatic heterocycles. The first-order valence-electron chi connectivity index (χ1n) is 2.10. The summed E-state index contributed by atoms with van der Waals surface area (Å²) in [5.74, 6) is 0. The molecule has 1 aromatic rings. The highest BCUT2D eigenvalue weighted by Crippen LogP contribution is 1.99. The van der Waals surface area contributed by atoms with Crippen molar-refractivity contribution in [2.75, 3.05) is 0 Å². The molecule has 0 fully saturated rings. The Kier molecular flexibility index (Phi) is 1.68. The van der Waals surface area contributed by atoms with E-state index in [-0.39, 0.29) is 0 Å². The highest BCUT2D eigenvalue weighted by molar-refractivity contribution is 14.1. The SMILES string of the molecule is [124I]c1ccccc1. The van der Waals surface area contributed by atoms with Gasteiger partial charge in [0.15, 0.2) is 0 Å². The second kappa shape index (κ2) is 2.31. The molecule has 1 heteroatoms. The fraction of sp³-hybridized carbons (Fsp3) is 0. The van der Waals surface area contributed by atoms with E-state index in [0.29, 0.717) is 0 Å². The maximum atomic E-state index is 2.28. The Morgan fingerprint density at radius 1 is 1.00 bits per heavy atom. The summed E-state index contributed by atoms with van der Waals surface area (Å²) in [7, 11) is 0. The largest absolute Gasteiger partial charge is 0.0622 e. The Hall–Kier alpha value is -0.0500. The van der Waals surface area contributed by atoms with Crippen LogP contribution >= 0.6 is 22.6 Å². The molecule has 0 spiro atoms. The summed E-state index contributed by atoms with van der Waals surface area (Å²) in [6, 6.07) is 10.2. The molecule has 0 bridgehead atoms. The van der Waals surface area contributed by atoms with Crippen LogP contribution in [0.5, 0.6) is 0 Å². The molecule has 0 amide bonds. The van der Waals surface area contributed by atoms with E-state index < -0.39 is 0 Å². The molecule has 0 N–H and O–H groups in total. The summed E-state index contributed by atoms with van der Waals surface area (Å²) in [6.07, 6.45) is 0. The molecule has 0 atom stereocenters. The van der Waals surface area contributed by atoms with Crippen molar-refractivity contribution in [3.05, 3.63) is 33.9 Å². The lowest BCUT2D eigenvalue weighted by Crippen LogP contribution is -1.61. The van der Waals surface area contributed by atoms with Crippen LogP contribution < -0.4 is 0 Å². The van der Waals surface area contributed by atoms with Crippen molar-refractivity contribution in [3.63, 3.8) is 0 Å². The Morgan fingerprint density at radius 2 is 1.57 bits per heavy atom. The summed E-state index contributed by atoms with van der Waals surface area (Å²) >= 11 is 2.28. The van der Waals surface area contributed by atoms with Crippen LogP contribution in [0.4, 0.5) is 0 Å². The summed E-state index contributed by atoms with van der Waals surface area (Å²) < 4.78 is 1.29. The van der Waals surface area contributed by atoms with Gasteiger partial charge >= 0.3 is 0 Å². The van der Waals surface area contributed by atoms with E-state index in [4.69, 9.17) is 0 Å². The average Bonchev–Trinajstić information content (AvgIpc) is 1.69. The van der Waals surface area contributed by atoms with Gasteiger partial charge in [-0.2, -0.15) is 0 Å². The lowest BCUT2D eigenvalue weighted by molar-refractivity contribution is 1.65. The zero-order valence-corrected chi connectivity index (χ0v) is 5.92. The van der Waals surface area contributed by atoms with Crippen LogP contribution in [0, 0.1) is 3.57 Å². The molecule has 0 aliphatic rings. The highest BCUT2D eigenvalue weighted by Gasteiger charge is 1.74. The smallest absolute Gasteiger partial charge is 0.0130 e. The summed E-state index contributed by atoms with van der Waals surface area (Å²) in [4.78, 5) is 0. The standard InChI is InChI=1S/C6H5I/c7-6-4-2-1-3-5-6/h1-5H/i7-3. The van der Waals surface area contributed by atoms with Gasteiger partial charge in [0, 0.05) is 3.57 Å². The van der Waals surface area contributed by atoms with Crippen molar-refractivity contribution in [2.45, 2.75) is 0 Å². The monoisotopic (exact) mass is 201 g/mol. The third kappa shape index (κ3) is 1.47. The Morgan fingerprint density at radius 3 is 1.86 bits per heavy atom. The fourth-order valence-corrected chi connectivity index (χ4v) is 0.830. The van der Waals surface area contributed by atoms with Crippen LogP contribution in [0.3, 0.4) is 0 Å². The van der Waals surface area contributed by atoms with Gasteiger partial charge in [-0.05, 0) is 34.7 Å². The van der Waals surface area contributed by atoms with Crippen LogP contribution in [0.2, 0.25) is 0 Å². The van der Waals surface area contributed by atoms with Gasteiger partial charge < -0.3 is 0 Å². The van der Waals surface area contributed by atoms with Gasteiger partial charge in [0.25, 0.3) is 0 Å². The van der Waals surface area contributed by atoms with Crippen LogP contribution in [0.25, 0.3) is 0 Å². The molecule has 7 heavy (non-hydrogen) atoms. The zero-order chi connectivity index (χ0) is 5.11. The van der Waals surface area contributed by atoms with Crippen molar-refractivity contribution >= 4 is 22.6 Å². The normalized spacial score (nSPS) is 8.71. The van der Waals surface area contributed by atoms with Gasteiger partial charge in [0.05, 0.1) is 0 Å². The third-order valence-electron chi connectivity index (χ3n) is 0.733. The maximum Gasteiger partial charge on any atom is 0.0130 e. The van der Waals surface area contributed by atoms with Crippen LogP contribution in [0.1, 0.15) is 0 Å². The summed E-state index contributed by atoms with van der Waals surface area (Å²) in [5, 5.41) is 0. The lowest BCUT2D eigenvalue weighted by atomic mass is 10.4. The van der Waals surface area contributed by atoms with E-state index in [1.54, 1.807) is 0 Å². The molecule has 36 valence electrons. The van der Waals surface area contributed by atoms with E-state index in [1.807, 2.05) is 18.2 Å². The van der Waals surface area contributed by atoms with Crippen molar-refractivity contribution < 1.29 is 0 Å². The van der Waals surface area contributed by atoms with Gasteiger partial charge in [-0.25, -0.2) is 0 Å². The van der Waals surface area contributed by atoms with E-state index in [1.165, 1.54) is 3.57 Å². The molecule has 0 radical (unpaired) electrons. The first-order valence-corrected chi connectivity index (χ1v) is 3.18. The minimum atomic E-state index is 1.29. The molecule has 0 saturated carbocycles. The lowest BCUT2D eigenvalue weighted by Gasteiger charge is -1.80. The van der Waals surface area contributed by atoms with Crippen molar-refractivity contribution in [1.29, 1.82) is 0 Å². The second-order valence-electron chi connectivity index (χ2n) is 1.30. The van der Waals surface area contributed by atoms with Gasteiger partial charge in [-0.15, -0.1) is 0 Å². The molecule has 0 unspecified atom stereocenters. The van der Waals surface area contributed by atoms with Crippen LogP contribution in [0.15, 0.2) is 30.3 Å². The minimum absolute atomic E-state index is 1.29.